The minimum absolute atomic E-state index is 0.133. The molecule has 1 aromatic carbocycles. The van der Waals surface area contributed by atoms with Crippen LogP contribution in [0.15, 0.2) is 18.2 Å². The Balaban J connectivity index is 3.15. The number of aromatic hydroxyl groups is 1. The molecular weight excluding hydrogens is 305 g/mol. The first-order valence-corrected chi connectivity index (χ1v) is 8.29. The molecule has 0 radical (unpaired) electrons. The molecule has 0 aliphatic heterocycles. The summed E-state index contributed by atoms with van der Waals surface area (Å²) >= 11 is 0. The summed E-state index contributed by atoms with van der Waals surface area (Å²) in [5, 5.41) is 22.3. The molecule has 0 heterocycles. The van der Waals surface area contributed by atoms with Crippen molar-refractivity contribution in [2.75, 3.05) is 0 Å². The van der Waals surface area contributed by atoms with E-state index in [4.69, 9.17) is 4.74 Å². The number of carbonyl (C=O) groups excluding carboxylic acids is 1. The van der Waals surface area contributed by atoms with E-state index in [1.54, 1.807) is 39.7 Å². The Hall–Kier alpha value is -1.53. The molecule has 3 N–H and O–H groups in total. The molecule has 1 aromatic rings. The molecule has 0 aliphatic rings. The normalized spacial score (nSPS) is 13.5. The third-order valence-corrected chi connectivity index (χ3v) is 3.45. The van der Waals surface area contributed by atoms with Gasteiger partial charge in [0.05, 0.1) is 0 Å². The lowest BCUT2D eigenvalue weighted by atomic mass is 9.80. The average molecular weight is 335 g/mol. The van der Waals surface area contributed by atoms with Gasteiger partial charge in [0.1, 0.15) is 17.4 Å². The molecule has 0 saturated carbocycles. The molecule has 0 spiro atoms. The van der Waals surface area contributed by atoms with Crippen molar-refractivity contribution in [3.63, 3.8) is 0 Å². The Morgan fingerprint density at radius 1 is 1.25 bits per heavy atom. The maximum absolute atomic E-state index is 12.5. The molecule has 0 fully saturated rings. The molecule has 1 rings (SSSR count). The number of carbonyl (C=O) groups is 1. The number of benzene rings is 1. The SMILES string of the molecule is CB(O)N[C@@H](Cc1cc(O)ccc1C(C)(C)C)C(=O)OC(C)(C)C. The van der Waals surface area contributed by atoms with Crippen LogP contribution in [0.5, 0.6) is 5.75 Å². The van der Waals surface area contributed by atoms with Crippen molar-refractivity contribution >= 4 is 13.0 Å². The van der Waals surface area contributed by atoms with Crippen molar-refractivity contribution in [3.05, 3.63) is 29.3 Å². The van der Waals surface area contributed by atoms with Gasteiger partial charge in [-0.2, -0.15) is 0 Å². The van der Waals surface area contributed by atoms with Crippen molar-refractivity contribution in [1.29, 1.82) is 0 Å². The highest BCUT2D eigenvalue weighted by Crippen LogP contribution is 2.29. The second-order valence-corrected chi connectivity index (χ2v) is 8.22. The largest absolute Gasteiger partial charge is 0.508 e. The van der Waals surface area contributed by atoms with E-state index in [1.165, 1.54) is 0 Å². The Morgan fingerprint density at radius 3 is 2.29 bits per heavy atom. The molecule has 24 heavy (non-hydrogen) atoms. The zero-order valence-corrected chi connectivity index (χ0v) is 15.8. The van der Waals surface area contributed by atoms with E-state index in [0.29, 0.717) is 6.42 Å². The summed E-state index contributed by atoms with van der Waals surface area (Å²) in [6, 6.07) is 4.49. The van der Waals surface area contributed by atoms with Crippen molar-refractivity contribution in [2.24, 2.45) is 0 Å². The van der Waals surface area contributed by atoms with Gasteiger partial charge >= 0.3 is 13.0 Å². The van der Waals surface area contributed by atoms with Gasteiger partial charge in [0.25, 0.3) is 0 Å². The summed E-state index contributed by atoms with van der Waals surface area (Å²) in [5.41, 5.74) is 1.15. The number of ether oxygens (including phenoxy) is 1. The van der Waals surface area contributed by atoms with E-state index in [9.17, 15) is 14.9 Å². The number of esters is 1. The van der Waals surface area contributed by atoms with Gasteiger partial charge in [-0.15, -0.1) is 0 Å². The van der Waals surface area contributed by atoms with E-state index in [0.717, 1.165) is 11.1 Å². The molecule has 5 nitrogen and oxygen atoms in total. The predicted octanol–water partition coefficient (Wildman–Crippen LogP) is 2.64. The van der Waals surface area contributed by atoms with Gasteiger partial charge in [-0.25, -0.2) is 0 Å². The molecule has 0 amide bonds. The van der Waals surface area contributed by atoms with Gasteiger partial charge in [0.15, 0.2) is 0 Å². The van der Waals surface area contributed by atoms with Crippen LogP contribution in [0.25, 0.3) is 0 Å². The van der Waals surface area contributed by atoms with Crippen LogP contribution in [0, 0.1) is 0 Å². The molecule has 0 saturated heterocycles. The summed E-state index contributed by atoms with van der Waals surface area (Å²) in [4.78, 5) is 12.5. The Bertz CT molecular complexity index is 573. The molecule has 0 aliphatic carbocycles. The van der Waals surface area contributed by atoms with Gasteiger partial charge < -0.3 is 20.1 Å². The molecule has 0 unspecified atom stereocenters. The van der Waals surface area contributed by atoms with E-state index < -0.39 is 24.7 Å². The van der Waals surface area contributed by atoms with Gasteiger partial charge in [0.2, 0.25) is 0 Å². The van der Waals surface area contributed by atoms with Crippen molar-refractivity contribution in [1.82, 2.24) is 5.23 Å². The van der Waals surface area contributed by atoms with E-state index in [2.05, 4.69) is 26.0 Å². The molecule has 6 heteroatoms. The van der Waals surface area contributed by atoms with Crippen LogP contribution in [-0.4, -0.2) is 34.8 Å². The van der Waals surface area contributed by atoms with Crippen molar-refractivity contribution in [3.8, 4) is 5.75 Å². The van der Waals surface area contributed by atoms with Gasteiger partial charge in [-0.3, -0.25) is 4.79 Å². The minimum Gasteiger partial charge on any atom is -0.508 e. The third kappa shape index (κ3) is 6.53. The summed E-state index contributed by atoms with van der Waals surface area (Å²) < 4.78 is 5.45. The number of rotatable bonds is 5. The Morgan fingerprint density at radius 2 is 1.83 bits per heavy atom. The fourth-order valence-electron chi connectivity index (χ4n) is 2.57. The Kier molecular flexibility index (Phi) is 6.48. The topological polar surface area (TPSA) is 78.8 Å². The molecule has 1 atom stereocenters. The van der Waals surface area contributed by atoms with Crippen LogP contribution >= 0.6 is 0 Å². The lowest BCUT2D eigenvalue weighted by molar-refractivity contribution is -0.157. The zero-order chi connectivity index (χ0) is 18.7. The van der Waals surface area contributed by atoms with Crippen molar-refractivity contribution < 1.29 is 19.7 Å². The average Bonchev–Trinajstić information content (AvgIpc) is 2.33. The Labute approximate surface area is 145 Å². The summed E-state index contributed by atoms with van der Waals surface area (Å²) in [5.74, 6) is -0.274. The number of phenols is 1. The van der Waals surface area contributed by atoms with E-state index >= 15 is 0 Å². The fraction of sp³-hybridized carbons (Fsp3) is 0.611. The maximum Gasteiger partial charge on any atom is 0.374 e. The number of hydrogen-bond donors (Lipinski definition) is 3. The number of nitrogens with one attached hydrogen (secondary N) is 1. The van der Waals surface area contributed by atoms with Crippen LogP contribution < -0.4 is 5.23 Å². The van der Waals surface area contributed by atoms with Gasteiger partial charge in [-0.1, -0.05) is 26.8 Å². The van der Waals surface area contributed by atoms with E-state index in [-0.39, 0.29) is 11.2 Å². The number of hydrogen-bond acceptors (Lipinski definition) is 5. The van der Waals surface area contributed by atoms with Crippen LogP contribution in [0.4, 0.5) is 0 Å². The smallest absolute Gasteiger partial charge is 0.374 e. The summed E-state index contributed by atoms with van der Waals surface area (Å²) in [7, 11) is -0.849. The standard InChI is InChI=1S/C18H30BNO4/c1-17(2,3)14-9-8-13(21)10-12(14)11-15(20-19(7)23)16(22)24-18(4,5)6/h8-10,15,20-21,23H,11H2,1-7H3/t15-/m0/s1. The van der Waals surface area contributed by atoms with Crippen LogP contribution in [0.1, 0.15) is 52.7 Å². The number of phenolic OH excluding ortho intramolecular Hbond substituents is 1. The van der Waals surface area contributed by atoms with Gasteiger partial charge in [-0.05, 0) is 62.7 Å². The highest BCUT2D eigenvalue weighted by atomic mass is 16.6. The van der Waals surface area contributed by atoms with E-state index in [1.807, 2.05) is 6.07 Å². The fourth-order valence-corrected chi connectivity index (χ4v) is 2.57. The quantitative estimate of drug-likeness (QED) is 0.569. The van der Waals surface area contributed by atoms with Crippen LogP contribution in [0.3, 0.4) is 0 Å². The first-order chi connectivity index (χ1) is 10.8. The van der Waals surface area contributed by atoms with Crippen molar-refractivity contribution in [2.45, 2.75) is 71.8 Å². The molecule has 134 valence electrons. The predicted molar refractivity (Wildman–Crippen MR) is 97.1 cm³/mol. The zero-order valence-electron chi connectivity index (χ0n) is 15.8. The third-order valence-electron chi connectivity index (χ3n) is 3.45. The lowest BCUT2D eigenvalue weighted by Crippen LogP contribution is -2.48. The lowest BCUT2D eigenvalue weighted by Gasteiger charge is -2.28. The van der Waals surface area contributed by atoms with Crippen LogP contribution in [-0.2, 0) is 21.4 Å². The second kappa shape index (κ2) is 7.57. The highest BCUT2D eigenvalue weighted by molar-refractivity contribution is 6.46. The summed E-state index contributed by atoms with van der Waals surface area (Å²) in [6.45, 7) is 13.2. The molecule has 0 bridgehead atoms. The minimum atomic E-state index is -0.849. The molecular formula is C18H30BNO4. The van der Waals surface area contributed by atoms with Crippen LogP contribution in [0.2, 0.25) is 6.82 Å². The second-order valence-electron chi connectivity index (χ2n) is 8.22. The monoisotopic (exact) mass is 335 g/mol. The highest BCUT2D eigenvalue weighted by Gasteiger charge is 2.29. The molecule has 0 aromatic heterocycles. The van der Waals surface area contributed by atoms with Gasteiger partial charge in [0, 0.05) is 0 Å². The first-order valence-electron chi connectivity index (χ1n) is 8.29. The first kappa shape index (κ1) is 20.5. The maximum atomic E-state index is 12.5. The summed E-state index contributed by atoms with van der Waals surface area (Å²) in [6.07, 6.45) is 0.320.